The van der Waals surface area contributed by atoms with Gasteiger partial charge < -0.3 is 10.4 Å². The molecule has 0 saturated carbocycles. The van der Waals surface area contributed by atoms with Gasteiger partial charge >= 0.3 is 0 Å². The summed E-state index contributed by atoms with van der Waals surface area (Å²) < 4.78 is 1.85. The summed E-state index contributed by atoms with van der Waals surface area (Å²) in [4.78, 5) is 0. The lowest BCUT2D eigenvalue weighted by atomic mass is 9.98. The molecule has 0 saturated heterocycles. The lowest BCUT2D eigenvalue weighted by Gasteiger charge is -2.26. The number of benzene rings is 1. The molecule has 2 heterocycles. The van der Waals surface area contributed by atoms with Gasteiger partial charge in [0.2, 0.25) is 0 Å². The topological polar surface area (TPSA) is 63.0 Å². The Morgan fingerprint density at radius 2 is 2.28 bits per heavy atom. The molecule has 2 aromatic rings. The average molecular weight is 244 g/mol. The highest BCUT2D eigenvalue weighted by Gasteiger charge is 2.22. The van der Waals surface area contributed by atoms with E-state index in [1.807, 2.05) is 23.0 Å². The van der Waals surface area contributed by atoms with Crippen molar-refractivity contribution in [2.24, 2.45) is 0 Å². The van der Waals surface area contributed by atoms with Gasteiger partial charge in [-0.15, -0.1) is 5.10 Å². The number of rotatable bonds is 2. The predicted molar refractivity (Wildman–Crippen MR) is 68.3 cm³/mol. The number of aromatic nitrogens is 3. The Labute approximate surface area is 105 Å². The molecule has 94 valence electrons. The fourth-order valence-electron chi connectivity index (χ4n) is 2.36. The molecule has 2 unspecified atom stereocenters. The molecule has 5 heteroatoms. The molecule has 1 aromatic carbocycles. The van der Waals surface area contributed by atoms with Crippen LogP contribution in [0, 0.1) is 0 Å². The Hall–Kier alpha value is -1.88. The van der Waals surface area contributed by atoms with Crippen molar-refractivity contribution in [1.29, 1.82) is 0 Å². The van der Waals surface area contributed by atoms with Gasteiger partial charge in [-0.25, -0.2) is 4.68 Å². The van der Waals surface area contributed by atoms with E-state index in [1.165, 1.54) is 5.56 Å². The monoisotopic (exact) mass is 244 g/mol. The number of nitrogens with one attached hydrogen (secondary N) is 1. The molecule has 1 aliphatic heterocycles. The highest BCUT2D eigenvalue weighted by Crippen LogP contribution is 2.32. The van der Waals surface area contributed by atoms with E-state index in [2.05, 4.69) is 27.8 Å². The average Bonchev–Trinajstić information content (AvgIpc) is 2.87. The fraction of sp³-hybridized carbons (Fsp3) is 0.385. The third-order valence-electron chi connectivity index (χ3n) is 3.33. The van der Waals surface area contributed by atoms with E-state index in [0.717, 1.165) is 18.7 Å². The largest absolute Gasteiger partial charge is 0.387 e. The van der Waals surface area contributed by atoms with Crippen LogP contribution in [0.15, 0.2) is 30.5 Å². The van der Waals surface area contributed by atoms with Gasteiger partial charge in [-0.3, -0.25) is 0 Å². The van der Waals surface area contributed by atoms with Crippen molar-refractivity contribution in [3.05, 3.63) is 41.7 Å². The molecule has 2 N–H and O–H groups in total. The summed E-state index contributed by atoms with van der Waals surface area (Å²) >= 11 is 0. The summed E-state index contributed by atoms with van der Waals surface area (Å²) in [5.74, 6) is 0. The number of aliphatic hydroxyl groups excluding tert-OH is 1. The van der Waals surface area contributed by atoms with Crippen molar-refractivity contribution in [2.75, 3.05) is 11.9 Å². The molecular weight excluding hydrogens is 228 g/mol. The van der Waals surface area contributed by atoms with E-state index in [1.54, 1.807) is 6.92 Å². The minimum absolute atomic E-state index is 0.197. The molecule has 0 spiro atoms. The van der Waals surface area contributed by atoms with E-state index in [4.69, 9.17) is 0 Å². The van der Waals surface area contributed by atoms with Crippen molar-refractivity contribution in [2.45, 2.75) is 25.5 Å². The maximum Gasteiger partial charge on any atom is 0.111 e. The smallest absolute Gasteiger partial charge is 0.111 e. The summed E-state index contributed by atoms with van der Waals surface area (Å²) in [6.45, 7) is 2.62. The summed E-state index contributed by atoms with van der Waals surface area (Å²) in [5, 5.41) is 21.0. The van der Waals surface area contributed by atoms with Crippen molar-refractivity contribution in [1.82, 2.24) is 15.0 Å². The van der Waals surface area contributed by atoms with Crippen LogP contribution in [0.1, 0.15) is 36.7 Å². The molecule has 2 atom stereocenters. The van der Waals surface area contributed by atoms with E-state index >= 15 is 0 Å². The minimum atomic E-state index is -0.573. The van der Waals surface area contributed by atoms with Gasteiger partial charge in [0.1, 0.15) is 5.69 Å². The SMILES string of the molecule is CC(O)c1cn(C2CCNc3ccccc32)nn1. The van der Waals surface area contributed by atoms with Gasteiger partial charge in [-0.05, 0) is 25.0 Å². The van der Waals surface area contributed by atoms with Crippen LogP contribution in [-0.2, 0) is 0 Å². The van der Waals surface area contributed by atoms with Crippen LogP contribution < -0.4 is 5.32 Å². The van der Waals surface area contributed by atoms with Crippen LogP contribution in [0.25, 0.3) is 0 Å². The molecule has 0 radical (unpaired) electrons. The first-order chi connectivity index (χ1) is 8.75. The highest BCUT2D eigenvalue weighted by atomic mass is 16.3. The first-order valence-corrected chi connectivity index (χ1v) is 6.18. The van der Waals surface area contributed by atoms with Crippen LogP contribution in [0.2, 0.25) is 0 Å². The number of fused-ring (bicyclic) bond motifs is 1. The Morgan fingerprint density at radius 3 is 3.06 bits per heavy atom. The number of para-hydroxylation sites is 1. The molecule has 0 bridgehead atoms. The van der Waals surface area contributed by atoms with Gasteiger partial charge in [0.05, 0.1) is 18.3 Å². The van der Waals surface area contributed by atoms with Crippen LogP contribution in [0.3, 0.4) is 0 Å². The van der Waals surface area contributed by atoms with Gasteiger partial charge in [-0.2, -0.15) is 0 Å². The molecule has 5 nitrogen and oxygen atoms in total. The quantitative estimate of drug-likeness (QED) is 0.844. The van der Waals surface area contributed by atoms with Crippen LogP contribution in [0.5, 0.6) is 0 Å². The Morgan fingerprint density at radius 1 is 1.44 bits per heavy atom. The lowest BCUT2D eigenvalue weighted by Crippen LogP contribution is -2.22. The molecule has 3 rings (SSSR count). The summed E-state index contributed by atoms with van der Waals surface area (Å²) in [7, 11) is 0. The van der Waals surface area contributed by atoms with Gasteiger partial charge in [0.25, 0.3) is 0 Å². The number of hydrogen-bond acceptors (Lipinski definition) is 4. The summed E-state index contributed by atoms with van der Waals surface area (Å²) in [6.07, 6.45) is 2.23. The minimum Gasteiger partial charge on any atom is -0.387 e. The van der Waals surface area contributed by atoms with E-state index in [-0.39, 0.29) is 6.04 Å². The maximum absolute atomic E-state index is 9.50. The third kappa shape index (κ3) is 1.86. The standard InChI is InChI=1S/C13H16N4O/c1-9(18)12-8-17(16-15-12)13-6-7-14-11-5-3-2-4-10(11)13/h2-5,8-9,13-14,18H,6-7H2,1H3. The number of aliphatic hydroxyl groups is 1. The molecule has 0 amide bonds. The Bertz CT molecular complexity index is 549. The molecular formula is C13H16N4O. The fourth-order valence-corrected chi connectivity index (χ4v) is 2.36. The van der Waals surface area contributed by atoms with Crippen molar-refractivity contribution in [3.8, 4) is 0 Å². The zero-order chi connectivity index (χ0) is 12.5. The predicted octanol–water partition coefficient (Wildman–Crippen LogP) is 1.74. The van der Waals surface area contributed by atoms with Gasteiger partial charge in [0, 0.05) is 12.2 Å². The van der Waals surface area contributed by atoms with Crippen LogP contribution in [-0.4, -0.2) is 26.6 Å². The molecule has 1 aromatic heterocycles. The van der Waals surface area contributed by atoms with E-state index in [9.17, 15) is 5.11 Å². The van der Waals surface area contributed by atoms with Crippen molar-refractivity contribution in [3.63, 3.8) is 0 Å². The van der Waals surface area contributed by atoms with Gasteiger partial charge in [0.15, 0.2) is 0 Å². The Kier molecular flexibility index (Phi) is 2.76. The molecule has 18 heavy (non-hydrogen) atoms. The van der Waals surface area contributed by atoms with Crippen molar-refractivity contribution < 1.29 is 5.11 Å². The molecule has 0 aliphatic carbocycles. The second kappa shape index (κ2) is 4.42. The maximum atomic E-state index is 9.50. The first-order valence-electron chi connectivity index (χ1n) is 6.18. The zero-order valence-corrected chi connectivity index (χ0v) is 10.2. The van der Waals surface area contributed by atoms with E-state index < -0.39 is 6.10 Å². The first kappa shape index (κ1) is 11.2. The summed E-state index contributed by atoms with van der Waals surface area (Å²) in [6, 6.07) is 8.44. The zero-order valence-electron chi connectivity index (χ0n) is 10.2. The third-order valence-corrected chi connectivity index (χ3v) is 3.33. The van der Waals surface area contributed by atoms with Crippen LogP contribution in [0.4, 0.5) is 5.69 Å². The Balaban J connectivity index is 1.97. The normalized spacial score (nSPS) is 20.0. The second-order valence-corrected chi connectivity index (χ2v) is 4.62. The van der Waals surface area contributed by atoms with Crippen LogP contribution >= 0.6 is 0 Å². The summed E-state index contributed by atoms with van der Waals surface area (Å²) in [5.41, 5.74) is 3.00. The van der Waals surface area contributed by atoms with Gasteiger partial charge in [-0.1, -0.05) is 23.4 Å². The van der Waals surface area contributed by atoms with Crippen molar-refractivity contribution >= 4 is 5.69 Å². The lowest BCUT2D eigenvalue weighted by molar-refractivity contribution is 0.194. The second-order valence-electron chi connectivity index (χ2n) is 4.62. The van der Waals surface area contributed by atoms with E-state index in [0.29, 0.717) is 5.69 Å². The number of nitrogens with zero attached hydrogens (tertiary/aromatic N) is 3. The number of hydrogen-bond donors (Lipinski definition) is 2. The number of anilines is 1. The molecule has 0 fully saturated rings. The highest BCUT2D eigenvalue weighted by molar-refractivity contribution is 5.54. The molecule has 1 aliphatic rings.